The Hall–Kier alpha value is -1.52. The molecule has 0 amide bonds. The van der Waals surface area contributed by atoms with Crippen LogP contribution in [0.4, 0.5) is 5.82 Å². The first kappa shape index (κ1) is 15.9. The number of anilines is 1. The van der Waals surface area contributed by atoms with Gasteiger partial charge in [-0.25, -0.2) is 4.79 Å². The maximum absolute atomic E-state index is 12.0. The molecule has 1 aliphatic heterocycles. The first-order valence-corrected chi connectivity index (χ1v) is 6.56. The molecule has 0 aliphatic carbocycles. The van der Waals surface area contributed by atoms with Gasteiger partial charge < -0.3 is 20.1 Å². The summed E-state index contributed by atoms with van der Waals surface area (Å²) in [5.41, 5.74) is 1.64. The Morgan fingerprint density at radius 1 is 1.43 bits per heavy atom. The molecular formula is C12H19N3O6. The van der Waals surface area contributed by atoms with Crippen LogP contribution in [-0.2, 0) is 4.74 Å². The minimum absolute atomic E-state index is 0.0259. The van der Waals surface area contributed by atoms with Crippen molar-refractivity contribution in [2.75, 3.05) is 12.1 Å². The molecule has 1 saturated heterocycles. The summed E-state index contributed by atoms with van der Waals surface area (Å²) in [7, 11) is 0. The van der Waals surface area contributed by atoms with E-state index in [9.17, 15) is 15.0 Å². The van der Waals surface area contributed by atoms with Crippen molar-refractivity contribution in [3.63, 3.8) is 0 Å². The van der Waals surface area contributed by atoms with Crippen molar-refractivity contribution in [3.8, 4) is 0 Å². The van der Waals surface area contributed by atoms with Gasteiger partial charge in [-0.05, 0) is 5.92 Å². The molecule has 0 bridgehead atoms. The molecule has 2 heterocycles. The zero-order chi connectivity index (χ0) is 15.7. The summed E-state index contributed by atoms with van der Waals surface area (Å²) in [5.74, 6) is -0.0332. The summed E-state index contributed by atoms with van der Waals surface area (Å²) in [6, 6.07) is 0. The van der Waals surface area contributed by atoms with Gasteiger partial charge in [0.15, 0.2) is 12.0 Å². The van der Waals surface area contributed by atoms with Crippen molar-refractivity contribution in [1.82, 2.24) is 9.55 Å². The fraction of sp³-hybridized carbons (Fsp3) is 0.667. The molecule has 1 fully saturated rings. The first-order chi connectivity index (χ1) is 9.90. The Balaban J connectivity index is 2.45. The van der Waals surface area contributed by atoms with Gasteiger partial charge in [0.25, 0.3) is 0 Å². The number of aliphatic hydroxyl groups excluding tert-OH is 3. The highest BCUT2D eigenvalue weighted by Gasteiger charge is 2.44. The maximum atomic E-state index is 12.0. The number of aliphatic hydroxyl groups is 3. The fourth-order valence-electron chi connectivity index (χ4n) is 2.29. The number of nitrogens with zero attached hydrogens (tertiary/aromatic N) is 2. The SMILES string of the molecule is CC(C)c1cn([C@@H]2O[C@H](CO)[C@@H](O)[C@H]2O)c(=O)nc1NO. The van der Waals surface area contributed by atoms with Gasteiger partial charge in [-0.15, -0.1) is 0 Å². The largest absolute Gasteiger partial charge is 0.394 e. The van der Waals surface area contributed by atoms with E-state index in [1.165, 1.54) is 6.20 Å². The van der Waals surface area contributed by atoms with Crippen LogP contribution in [0.25, 0.3) is 0 Å². The van der Waals surface area contributed by atoms with Crippen LogP contribution in [0.3, 0.4) is 0 Å². The van der Waals surface area contributed by atoms with E-state index in [0.717, 1.165) is 4.57 Å². The highest BCUT2D eigenvalue weighted by atomic mass is 16.6. The summed E-state index contributed by atoms with van der Waals surface area (Å²) in [6.07, 6.45) is -3.39. The number of aromatic nitrogens is 2. The number of nitrogens with one attached hydrogen (secondary N) is 1. The molecule has 5 N–H and O–H groups in total. The van der Waals surface area contributed by atoms with Crippen molar-refractivity contribution in [3.05, 3.63) is 22.2 Å². The van der Waals surface area contributed by atoms with Crippen LogP contribution in [-0.4, -0.2) is 55.0 Å². The van der Waals surface area contributed by atoms with E-state index in [1.807, 2.05) is 19.3 Å². The Labute approximate surface area is 120 Å². The van der Waals surface area contributed by atoms with E-state index in [1.54, 1.807) is 0 Å². The Bertz CT molecular complexity index is 560. The summed E-state index contributed by atoms with van der Waals surface area (Å²) in [5, 5.41) is 37.8. The minimum Gasteiger partial charge on any atom is -0.394 e. The average molecular weight is 301 g/mol. The van der Waals surface area contributed by atoms with Crippen molar-refractivity contribution in [2.24, 2.45) is 0 Å². The Kier molecular flexibility index (Phi) is 4.59. The van der Waals surface area contributed by atoms with Gasteiger partial charge in [-0.3, -0.25) is 15.3 Å². The van der Waals surface area contributed by atoms with E-state index in [4.69, 9.17) is 15.1 Å². The molecule has 1 aromatic rings. The van der Waals surface area contributed by atoms with Crippen LogP contribution in [0.1, 0.15) is 31.6 Å². The van der Waals surface area contributed by atoms with Crippen LogP contribution in [0, 0.1) is 0 Å². The van der Waals surface area contributed by atoms with Crippen molar-refractivity contribution in [1.29, 1.82) is 0 Å². The van der Waals surface area contributed by atoms with Gasteiger partial charge >= 0.3 is 5.69 Å². The third kappa shape index (κ3) is 2.78. The van der Waals surface area contributed by atoms with Gasteiger partial charge in [-0.1, -0.05) is 13.8 Å². The molecule has 118 valence electrons. The highest BCUT2D eigenvalue weighted by molar-refractivity contribution is 5.42. The Morgan fingerprint density at radius 2 is 2.10 bits per heavy atom. The fourth-order valence-corrected chi connectivity index (χ4v) is 2.29. The van der Waals surface area contributed by atoms with Crippen LogP contribution < -0.4 is 11.2 Å². The number of hydrogen-bond donors (Lipinski definition) is 5. The molecule has 21 heavy (non-hydrogen) atoms. The van der Waals surface area contributed by atoms with E-state index >= 15 is 0 Å². The summed E-state index contributed by atoms with van der Waals surface area (Å²) in [6.45, 7) is 3.19. The lowest BCUT2D eigenvalue weighted by molar-refractivity contribution is -0.0550. The van der Waals surface area contributed by atoms with Crippen molar-refractivity contribution >= 4 is 5.82 Å². The second-order valence-electron chi connectivity index (χ2n) is 5.23. The lowest BCUT2D eigenvalue weighted by Crippen LogP contribution is -2.36. The molecule has 4 atom stereocenters. The predicted molar refractivity (Wildman–Crippen MR) is 71.0 cm³/mol. The molecule has 9 nitrogen and oxygen atoms in total. The topological polar surface area (TPSA) is 137 Å². The molecular weight excluding hydrogens is 282 g/mol. The van der Waals surface area contributed by atoms with Gasteiger partial charge in [0.1, 0.15) is 18.3 Å². The number of hydrogen-bond acceptors (Lipinski definition) is 8. The van der Waals surface area contributed by atoms with Crippen LogP contribution in [0.2, 0.25) is 0 Å². The monoisotopic (exact) mass is 301 g/mol. The van der Waals surface area contributed by atoms with Crippen LogP contribution in [0.15, 0.2) is 11.0 Å². The summed E-state index contributed by atoms with van der Waals surface area (Å²) in [4.78, 5) is 15.7. The molecule has 0 aromatic carbocycles. The normalized spacial score (nSPS) is 29.1. The molecule has 1 aliphatic rings. The van der Waals surface area contributed by atoms with Gasteiger partial charge in [0.05, 0.1) is 6.61 Å². The van der Waals surface area contributed by atoms with Gasteiger partial charge in [0, 0.05) is 11.8 Å². The molecule has 9 heteroatoms. The molecule has 2 rings (SSSR count). The lowest BCUT2D eigenvalue weighted by atomic mass is 10.1. The average Bonchev–Trinajstić information content (AvgIpc) is 2.74. The van der Waals surface area contributed by atoms with Crippen molar-refractivity contribution < 1.29 is 25.3 Å². The lowest BCUT2D eigenvalue weighted by Gasteiger charge is -2.20. The molecule has 0 radical (unpaired) electrons. The quantitative estimate of drug-likeness (QED) is 0.436. The van der Waals surface area contributed by atoms with Crippen molar-refractivity contribution in [2.45, 2.75) is 44.3 Å². The molecule has 0 saturated carbocycles. The third-order valence-electron chi connectivity index (χ3n) is 3.50. The summed E-state index contributed by atoms with van der Waals surface area (Å²) < 4.78 is 6.34. The first-order valence-electron chi connectivity index (χ1n) is 6.56. The predicted octanol–water partition coefficient (Wildman–Crippen LogP) is -1.22. The second kappa shape index (κ2) is 6.08. The molecule has 1 aromatic heterocycles. The number of ether oxygens (including phenoxy) is 1. The molecule has 0 unspecified atom stereocenters. The maximum Gasteiger partial charge on any atom is 0.351 e. The zero-order valence-corrected chi connectivity index (χ0v) is 11.7. The van der Waals surface area contributed by atoms with E-state index in [-0.39, 0.29) is 11.7 Å². The third-order valence-corrected chi connectivity index (χ3v) is 3.50. The Morgan fingerprint density at radius 3 is 2.57 bits per heavy atom. The van der Waals surface area contributed by atoms with Crippen LogP contribution >= 0.6 is 0 Å². The smallest absolute Gasteiger partial charge is 0.351 e. The highest BCUT2D eigenvalue weighted by Crippen LogP contribution is 2.29. The zero-order valence-electron chi connectivity index (χ0n) is 11.7. The minimum atomic E-state index is -1.37. The van der Waals surface area contributed by atoms with E-state index in [2.05, 4.69) is 4.98 Å². The summed E-state index contributed by atoms with van der Waals surface area (Å²) >= 11 is 0. The number of rotatable bonds is 4. The van der Waals surface area contributed by atoms with Gasteiger partial charge in [-0.2, -0.15) is 4.98 Å². The van der Waals surface area contributed by atoms with E-state index < -0.39 is 36.8 Å². The molecule has 0 spiro atoms. The van der Waals surface area contributed by atoms with E-state index in [0.29, 0.717) is 5.56 Å². The standard InChI is InChI=1S/C12H19N3O6/c1-5(2)6-3-15(12(19)13-10(6)14-20)11-9(18)8(17)7(4-16)21-11/h3,5,7-9,11,16-18,20H,4H2,1-2H3,(H,13,14,19)/t7-,8-,9-,11-/m1/s1. The van der Waals surface area contributed by atoms with Gasteiger partial charge in [0.2, 0.25) is 0 Å². The second-order valence-corrected chi connectivity index (χ2v) is 5.23. The van der Waals surface area contributed by atoms with Crippen LogP contribution in [0.5, 0.6) is 0 Å².